The Morgan fingerprint density at radius 3 is 2.52 bits per heavy atom. The summed E-state index contributed by atoms with van der Waals surface area (Å²) in [4.78, 5) is 17.5. The summed E-state index contributed by atoms with van der Waals surface area (Å²) in [5.74, 6) is 0. The number of hydrogen-bond acceptors (Lipinski definition) is 3. The number of rotatable bonds is 8. The van der Waals surface area contributed by atoms with Gasteiger partial charge >= 0.3 is 0 Å². The number of benzene rings is 1. The van der Waals surface area contributed by atoms with Crippen LogP contribution in [0.5, 0.6) is 0 Å². The Hall–Kier alpha value is -1.95. The molecule has 0 amide bonds. The van der Waals surface area contributed by atoms with Crippen LogP contribution in [0.4, 0.5) is 0 Å². The van der Waals surface area contributed by atoms with Crippen molar-refractivity contribution in [3.63, 3.8) is 0 Å². The molecule has 1 aromatic carbocycles. The van der Waals surface area contributed by atoms with Gasteiger partial charge in [0.25, 0.3) is 5.56 Å². The van der Waals surface area contributed by atoms with E-state index in [9.17, 15) is 4.79 Å². The maximum atomic E-state index is 13.2. The van der Waals surface area contributed by atoms with Crippen LogP contribution in [0.25, 0.3) is 5.57 Å². The van der Waals surface area contributed by atoms with Crippen molar-refractivity contribution >= 4 is 31.7 Å². The van der Waals surface area contributed by atoms with E-state index >= 15 is 0 Å². The molecule has 2 rings (SSSR count). The molecule has 0 N–H and O–H groups in total. The average molecular weight is 459 g/mol. The number of halogens is 1. The number of aliphatic imine (C=N–C) groups is 1. The molecule has 0 fully saturated rings. The molecule has 168 valence electrons. The van der Waals surface area contributed by atoms with Gasteiger partial charge in [-0.2, -0.15) is 0 Å². The van der Waals surface area contributed by atoms with E-state index in [0.717, 1.165) is 16.7 Å². The summed E-state index contributed by atoms with van der Waals surface area (Å²) in [7, 11) is -1.99. The Kier molecular flexibility index (Phi) is 8.63. The van der Waals surface area contributed by atoms with Gasteiger partial charge in [0.05, 0.1) is 12.6 Å². The molecule has 1 atom stereocenters. The van der Waals surface area contributed by atoms with E-state index in [4.69, 9.17) is 16.0 Å². The highest BCUT2D eigenvalue weighted by atomic mass is 35.5. The predicted molar refractivity (Wildman–Crippen MR) is 136 cm³/mol. The normalized spacial score (nSPS) is 14.3. The van der Waals surface area contributed by atoms with E-state index in [1.807, 2.05) is 62.7 Å². The summed E-state index contributed by atoms with van der Waals surface area (Å²) in [5, 5.41) is 0.728. The van der Waals surface area contributed by atoms with Gasteiger partial charge in [0, 0.05) is 30.0 Å². The minimum atomic E-state index is -1.99. The Balaban J connectivity index is 2.47. The van der Waals surface area contributed by atoms with E-state index < -0.39 is 8.32 Å². The third-order valence-corrected chi connectivity index (χ3v) is 10.7. The highest BCUT2D eigenvalue weighted by Crippen LogP contribution is 2.37. The lowest BCUT2D eigenvalue weighted by molar-refractivity contribution is 0.246. The van der Waals surface area contributed by atoms with Crippen molar-refractivity contribution in [3.05, 3.63) is 75.2 Å². The molecule has 31 heavy (non-hydrogen) atoms. The molecule has 0 bridgehead atoms. The van der Waals surface area contributed by atoms with Gasteiger partial charge in [-0.15, -0.1) is 0 Å². The lowest BCUT2D eigenvalue weighted by Gasteiger charge is -2.37. The van der Waals surface area contributed by atoms with Crippen molar-refractivity contribution in [2.45, 2.75) is 58.8 Å². The van der Waals surface area contributed by atoms with Crippen LogP contribution >= 0.6 is 11.6 Å². The Morgan fingerprint density at radius 1 is 1.26 bits per heavy atom. The third-order valence-electron chi connectivity index (χ3n) is 5.98. The molecule has 0 aliphatic carbocycles. The zero-order valence-electron chi connectivity index (χ0n) is 19.8. The van der Waals surface area contributed by atoms with Crippen molar-refractivity contribution in [1.29, 1.82) is 0 Å². The lowest BCUT2D eigenvalue weighted by atomic mass is 10.1. The smallest absolute Gasteiger partial charge is 0.251 e. The fourth-order valence-corrected chi connectivity index (χ4v) is 4.19. The first-order valence-electron chi connectivity index (χ1n) is 10.8. The highest BCUT2D eigenvalue weighted by molar-refractivity contribution is 6.74. The van der Waals surface area contributed by atoms with Gasteiger partial charge in [-0.25, -0.2) is 0 Å². The molecule has 0 saturated carbocycles. The molecule has 2 aromatic rings. The van der Waals surface area contributed by atoms with Crippen LogP contribution < -0.4 is 5.56 Å². The Morgan fingerprint density at radius 2 is 1.97 bits per heavy atom. The zero-order chi connectivity index (χ0) is 23.2. The second-order valence-electron chi connectivity index (χ2n) is 9.17. The second kappa shape index (κ2) is 10.6. The zero-order valence-corrected chi connectivity index (χ0v) is 21.5. The Labute approximate surface area is 192 Å². The maximum Gasteiger partial charge on any atom is 0.251 e. The van der Waals surface area contributed by atoms with E-state index in [2.05, 4.69) is 38.9 Å². The summed E-state index contributed by atoms with van der Waals surface area (Å²) in [6, 6.07) is 11.0. The summed E-state index contributed by atoms with van der Waals surface area (Å²) in [6.07, 6.45) is 5.63. The molecule has 0 aliphatic rings. The molecule has 0 radical (unpaired) electrons. The SMILES string of the molecule is C/C=C(\C=N/CC)c1ccn([C@H](CO[Si](C)(C)C(C)(C)C)c2cccc(Cl)c2)c(=O)c1. The van der Waals surface area contributed by atoms with Crippen LogP contribution in [0.3, 0.4) is 0 Å². The van der Waals surface area contributed by atoms with Gasteiger partial charge in [0.2, 0.25) is 0 Å². The van der Waals surface area contributed by atoms with Crippen LogP contribution in [0.15, 0.2) is 58.5 Å². The monoisotopic (exact) mass is 458 g/mol. The summed E-state index contributed by atoms with van der Waals surface area (Å²) < 4.78 is 8.26. The molecule has 0 spiro atoms. The van der Waals surface area contributed by atoms with Crippen molar-refractivity contribution in [2.75, 3.05) is 13.2 Å². The largest absolute Gasteiger partial charge is 0.414 e. The van der Waals surface area contributed by atoms with Gasteiger partial charge < -0.3 is 8.99 Å². The third kappa shape index (κ3) is 6.51. The first-order valence-corrected chi connectivity index (χ1v) is 14.1. The quantitative estimate of drug-likeness (QED) is 0.330. The van der Waals surface area contributed by atoms with Crippen molar-refractivity contribution < 1.29 is 4.43 Å². The van der Waals surface area contributed by atoms with Crippen LogP contribution in [-0.2, 0) is 4.43 Å². The molecule has 0 saturated heterocycles. The maximum absolute atomic E-state index is 13.2. The standard InChI is InChI=1S/C25H35ClN2O2Si/c1-8-19(17-27-9-2)20-13-14-28(24(29)16-20)23(21-11-10-12-22(26)15-21)18-30-31(6,7)25(3,4)5/h8,10-17,23H,9,18H2,1-7H3/b19-8+,27-17-/t23-/m1/s1. The minimum absolute atomic E-state index is 0.0782. The van der Waals surface area contributed by atoms with Gasteiger partial charge in [-0.1, -0.05) is 50.6 Å². The number of allylic oxidation sites excluding steroid dienone is 2. The Bertz CT molecular complexity index is 1000. The molecular weight excluding hydrogens is 424 g/mol. The first kappa shape index (κ1) is 25.3. The molecule has 1 aromatic heterocycles. The van der Waals surface area contributed by atoms with Crippen LogP contribution in [0.1, 0.15) is 51.8 Å². The van der Waals surface area contributed by atoms with Gasteiger partial charge in [-0.3, -0.25) is 9.79 Å². The van der Waals surface area contributed by atoms with Crippen molar-refractivity contribution in [2.24, 2.45) is 4.99 Å². The lowest BCUT2D eigenvalue weighted by Crippen LogP contribution is -2.43. The fourth-order valence-electron chi connectivity index (χ4n) is 2.99. The average Bonchev–Trinajstić information content (AvgIpc) is 2.69. The molecular formula is C25H35ClN2O2Si. The minimum Gasteiger partial charge on any atom is -0.414 e. The molecule has 0 unspecified atom stereocenters. The first-order chi connectivity index (χ1) is 14.5. The van der Waals surface area contributed by atoms with E-state index in [1.54, 1.807) is 10.6 Å². The summed E-state index contributed by atoms with van der Waals surface area (Å²) in [6.45, 7) is 16.1. The van der Waals surface area contributed by atoms with Crippen LogP contribution in [0.2, 0.25) is 23.2 Å². The fraction of sp³-hybridized carbons (Fsp3) is 0.440. The molecule has 6 heteroatoms. The topological polar surface area (TPSA) is 43.6 Å². The number of pyridine rings is 1. The van der Waals surface area contributed by atoms with Crippen LogP contribution in [-0.4, -0.2) is 32.3 Å². The second-order valence-corrected chi connectivity index (χ2v) is 14.4. The van der Waals surface area contributed by atoms with Gasteiger partial charge in [-0.05, 0) is 66.9 Å². The predicted octanol–water partition coefficient (Wildman–Crippen LogP) is 6.61. The van der Waals surface area contributed by atoms with Gasteiger partial charge in [0.1, 0.15) is 0 Å². The summed E-state index contributed by atoms with van der Waals surface area (Å²) >= 11 is 6.27. The van der Waals surface area contributed by atoms with E-state index in [0.29, 0.717) is 18.2 Å². The summed E-state index contributed by atoms with van der Waals surface area (Å²) in [5.41, 5.74) is 2.67. The van der Waals surface area contributed by atoms with E-state index in [1.165, 1.54) is 0 Å². The molecule has 0 aliphatic heterocycles. The number of aromatic nitrogens is 1. The van der Waals surface area contributed by atoms with E-state index in [-0.39, 0.29) is 16.6 Å². The van der Waals surface area contributed by atoms with Crippen LogP contribution in [0, 0.1) is 0 Å². The van der Waals surface area contributed by atoms with Crippen molar-refractivity contribution in [3.8, 4) is 0 Å². The van der Waals surface area contributed by atoms with Gasteiger partial charge in [0.15, 0.2) is 8.32 Å². The molecule has 1 heterocycles. The van der Waals surface area contributed by atoms with Crippen molar-refractivity contribution in [1.82, 2.24) is 4.57 Å². The number of hydrogen-bond donors (Lipinski definition) is 0. The number of nitrogens with zero attached hydrogens (tertiary/aromatic N) is 2. The molecule has 4 nitrogen and oxygen atoms in total. The highest BCUT2D eigenvalue weighted by Gasteiger charge is 2.38.